The van der Waals surface area contributed by atoms with Gasteiger partial charge in [0.1, 0.15) is 12.2 Å². The van der Waals surface area contributed by atoms with E-state index in [0.29, 0.717) is 25.6 Å². The molecule has 0 aliphatic carbocycles. The molecule has 120 valence electrons. The topological polar surface area (TPSA) is 108 Å². The highest BCUT2D eigenvalue weighted by Gasteiger charge is 2.42. The molecule has 1 saturated heterocycles. The van der Waals surface area contributed by atoms with Crippen molar-refractivity contribution in [2.75, 3.05) is 32.8 Å². The summed E-state index contributed by atoms with van der Waals surface area (Å²) < 4.78 is 5.20. The number of hydrogen-bond donors (Lipinski definition) is 3. The van der Waals surface area contributed by atoms with Crippen molar-refractivity contribution < 1.29 is 24.2 Å². The molecule has 1 fully saturated rings. The van der Waals surface area contributed by atoms with E-state index in [1.54, 1.807) is 6.92 Å². The molecule has 0 bridgehead atoms. The number of nitrogens with one attached hydrogen (secondary N) is 2. The Morgan fingerprint density at radius 2 is 1.90 bits per heavy atom. The van der Waals surface area contributed by atoms with Crippen LogP contribution in [0.2, 0.25) is 0 Å². The van der Waals surface area contributed by atoms with Gasteiger partial charge in [-0.25, -0.2) is 9.59 Å². The largest absolute Gasteiger partial charge is 0.480 e. The first kappa shape index (κ1) is 17.2. The van der Waals surface area contributed by atoms with Gasteiger partial charge in [-0.1, -0.05) is 13.8 Å². The predicted molar refractivity (Wildman–Crippen MR) is 74.8 cm³/mol. The van der Waals surface area contributed by atoms with Crippen LogP contribution in [0.4, 0.5) is 4.79 Å². The number of aliphatic carboxylic acids is 1. The van der Waals surface area contributed by atoms with E-state index in [2.05, 4.69) is 10.6 Å². The van der Waals surface area contributed by atoms with E-state index in [1.165, 1.54) is 4.90 Å². The molecule has 21 heavy (non-hydrogen) atoms. The molecule has 0 spiro atoms. The summed E-state index contributed by atoms with van der Waals surface area (Å²) in [5.41, 5.74) is -0.629. The molecule has 1 aliphatic heterocycles. The molecular weight excluding hydrogens is 278 g/mol. The average molecular weight is 301 g/mol. The van der Waals surface area contributed by atoms with Crippen LogP contribution in [0.3, 0.4) is 0 Å². The molecule has 3 N–H and O–H groups in total. The van der Waals surface area contributed by atoms with Gasteiger partial charge in [-0.05, 0) is 12.8 Å². The second-order valence-electron chi connectivity index (χ2n) is 5.85. The zero-order chi connectivity index (χ0) is 16.0. The van der Waals surface area contributed by atoms with E-state index in [4.69, 9.17) is 9.84 Å². The molecule has 1 heterocycles. The van der Waals surface area contributed by atoms with Gasteiger partial charge in [0.15, 0.2) is 0 Å². The lowest BCUT2D eigenvalue weighted by Gasteiger charge is -2.46. The van der Waals surface area contributed by atoms with Crippen LogP contribution in [-0.2, 0) is 14.3 Å². The zero-order valence-electron chi connectivity index (χ0n) is 12.6. The van der Waals surface area contributed by atoms with Crippen molar-refractivity contribution in [1.29, 1.82) is 0 Å². The number of hydrogen-bond acceptors (Lipinski definition) is 4. The van der Waals surface area contributed by atoms with E-state index in [1.807, 2.05) is 13.8 Å². The van der Waals surface area contributed by atoms with E-state index in [0.717, 1.165) is 0 Å². The summed E-state index contributed by atoms with van der Waals surface area (Å²) in [6.45, 7) is 6.43. The van der Waals surface area contributed by atoms with Crippen molar-refractivity contribution >= 4 is 17.9 Å². The highest BCUT2D eigenvalue weighted by Crippen LogP contribution is 2.24. The van der Waals surface area contributed by atoms with Crippen LogP contribution in [0.15, 0.2) is 0 Å². The van der Waals surface area contributed by atoms with Gasteiger partial charge < -0.3 is 25.4 Å². The molecule has 0 aromatic heterocycles. The number of carbonyl (C=O) groups excluding carboxylic acids is 2. The van der Waals surface area contributed by atoms with Crippen molar-refractivity contribution in [1.82, 2.24) is 15.5 Å². The third-order valence-corrected chi connectivity index (χ3v) is 2.99. The lowest BCUT2D eigenvalue weighted by atomic mass is 9.97. The Morgan fingerprint density at radius 3 is 2.43 bits per heavy atom. The molecule has 0 radical (unpaired) electrons. The van der Waals surface area contributed by atoms with E-state index >= 15 is 0 Å². The number of amides is 3. The maximum absolute atomic E-state index is 11.8. The van der Waals surface area contributed by atoms with Crippen LogP contribution >= 0.6 is 0 Å². The Bertz CT molecular complexity index is 405. The summed E-state index contributed by atoms with van der Waals surface area (Å²) in [6.07, 6.45) is 0. The monoisotopic (exact) mass is 301 g/mol. The fourth-order valence-electron chi connectivity index (χ4n) is 1.88. The van der Waals surface area contributed by atoms with Gasteiger partial charge in [-0.15, -0.1) is 0 Å². The summed E-state index contributed by atoms with van der Waals surface area (Å²) in [4.78, 5) is 35.1. The molecule has 1 aliphatic rings. The first-order valence-corrected chi connectivity index (χ1v) is 6.87. The van der Waals surface area contributed by atoms with Crippen molar-refractivity contribution in [2.24, 2.45) is 5.92 Å². The van der Waals surface area contributed by atoms with E-state index in [-0.39, 0.29) is 25.1 Å². The minimum Gasteiger partial charge on any atom is -0.480 e. The highest BCUT2D eigenvalue weighted by atomic mass is 16.5. The van der Waals surface area contributed by atoms with E-state index in [9.17, 15) is 14.4 Å². The SMILES string of the molecule is CC(C)CNC(=O)CNC(=O)N1CC(C)(OCC(=O)O)C1. The fraction of sp³-hybridized carbons (Fsp3) is 0.769. The number of urea groups is 1. The fourth-order valence-corrected chi connectivity index (χ4v) is 1.88. The molecule has 0 unspecified atom stereocenters. The molecule has 8 nitrogen and oxygen atoms in total. The number of carboxylic acids is 1. The zero-order valence-corrected chi connectivity index (χ0v) is 12.6. The Morgan fingerprint density at radius 1 is 1.29 bits per heavy atom. The summed E-state index contributed by atoms with van der Waals surface area (Å²) in [6, 6.07) is -0.355. The molecule has 0 aromatic rings. The first-order chi connectivity index (χ1) is 9.72. The summed E-state index contributed by atoms with van der Waals surface area (Å²) in [5.74, 6) is -0.921. The molecule has 3 amide bonds. The van der Waals surface area contributed by atoms with Crippen LogP contribution in [0.5, 0.6) is 0 Å². The number of nitrogens with zero attached hydrogens (tertiary/aromatic N) is 1. The molecule has 8 heteroatoms. The van der Waals surface area contributed by atoms with Crippen LogP contribution < -0.4 is 10.6 Å². The third-order valence-electron chi connectivity index (χ3n) is 2.99. The number of carboxylic acid groups (broad SMARTS) is 1. The molecule has 0 aromatic carbocycles. The normalized spacial score (nSPS) is 16.3. The Labute approximate surface area is 123 Å². The molecular formula is C13H23N3O5. The van der Waals surface area contributed by atoms with Crippen molar-refractivity contribution in [3.05, 3.63) is 0 Å². The maximum Gasteiger partial charge on any atom is 0.329 e. The van der Waals surface area contributed by atoms with Gasteiger partial charge >= 0.3 is 12.0 Å². The maximum atomic E-state index is 11.8. The number of ether oxygens (including phenoxy) is 1. The lowest BCUT2D eigenvalue weighted by molar-refractivity contribution is -0.159. The molecule has 1 rings (SSSR count). The van der Waals surface area contributed by atoms with Crippen molar-refractivity contribution in [3.8, 4) is 0 Å². The Hall–Kier alpha value is -1.83. The number of likely N-dealkylation sites (tertiary alicyclic amines) is 1. The predicted octanol–water partition coefficient (Wildman–Crippen LogP) is -0.356. The van der Waals surface area contributed by atoms with Gasteiger partial charge in [0.25, 0.3) is 0 Å². The number of carbonyl (C=O) groups is 3. The van der Waals surface area contributed by atoms with Crippen LogP contribution in [0.1, 0.15) is 20.8 Å². The summed E-state index contributed by atoms with van der Waals surface area (Å²) in [7, 11) is 0. The standard InChI is InChI=1S/C13H23N3O5/c1-9(2)4-14-10(17)5-15-12(20)16-7-13(3,8-16)21-6-11(18)19/h9H,4-8H2,1-3H3,(H,14,17)(H,15,20)(H,18,19). The van der Waals surface area contributed by atoms with Crippen LogP contribution in [-0.4, -0.2) is 66.3 Å². The second-order valence-corrected chi connectivity index (χ2v) is 5.85. The van der Waals surface area contributed by atoms with Crippen LogP contribution in [0.25, 0.3) is 0 Å². The van der Waals surface area contributed by atoms with Gasteiger partial charge in [0, 0.05) is 6.54 Å². The summed E-state index contributed by atoms with van der Waals surface area (Å²) in [5, 5.41) is 13.8. The van der Waals surface area contributed by atoms with Gasteiger partial charge in [0.2, 0.25) is 5.91 Å². The van der Waals surface area contributed by atoms with Gasteiger partial charge in [0.05, 0.1) is 19.6 Å². The Balaban J connectivity index is 2.20. The van der Waals surface area contributed by atoms with Gasteiger partial charge in [-0.2, -0.15) is 0 Å². The van der Waals surface area contributed by atoms with E-state index < -0.39 is 11.6 Å². The Kier molecular flexibility index (Phi) is 5.95. The molecule has 0 atom stereocenters. The second kappa shape index (κ2) is 7.26. The molecule has 0 saturated carbocycles. The average Bonchev–Trinajstić information content (AvgIpc) is 2.36. The minimum atomic E-state index is -1.04. The highest BCUT2D eigenvalue weighted by molar-refractivity contribution is 5.84. The minimum absolute atomic E-state index is 0.0747. The summed E-state index contributed by atoms with van der Waals surface area (Å²) >= 11 is 0. The first-order valence-electron chi connectivity index (χ1n) is 6.87. The lowest BCUT2D eigenvalue weighted by Crippen LogP contribution is -2.65. The van der Waals surface area contributed by atoms with Crippen molar-refractivity contribution in [2.45, 2.75) is 26.4 Å². The third kappa shape index (κ3) is 5.99. The van der Waals surface area contributed by atoms with Crippen molar-refractivity contribution in [3.63, 3.8) is 0 Å². The van der Waals surface area contributed by atoms with Crippen LogP contribution in [0, 0.1) is 5.92 Å². The van der Waals surface area contributed by atoms with Gasteiger partial charge in [-0.3, -0.25) is 4.79 Å². The smallest absolute Gasteiger partial charge is 0.329 e. The number of rotatable bonds is 7. The quantitative estimate of drug-likeness (QED) is 0.595.